The van der Waals surface area contributed by atoms with Crippen LogP contribution < -0.4 is 5.32 Å². The zero-order valence-electron chi connectivity index (χ0n) is 17.1. The van der Waals surface area contributed by atoms with Crippen LogP contribution in [0.2, 0.25) is 0 Å². The van der Waals surface area contributed by atoms with Crippen molar-refractivity contribution in [2.75, 3.05) is 18.7 Å². The number of halogens is 4. The Kier molecular flexibility index (Phi) is 6.40. The van der Waals surface area contributed by atoms with Crippen molar-refractivity contribution >= 4 is 22.9 Å². The molecular formula is C21H27F4N3O2. The van der Waals surface area contributed by atoms with E-state index in [1.165, 1.54) is 0 Å². The van der Waals surface area contributed by atoms with Gasteiger partial charge in [0.1, 0.15) is 0 Å². The summed E-state index contributed by atoms with van der Waals surface area (Å²) in [4.78, 5) is 16.9. The molecule has 1 aromatic carbocycles. The minimum absolute atomic E-state index is 0.121. The van der Waals surface area contributed by atoms with Gasteiger partial charge in [0.15, 0.2) is 6.67 Å². The van der Waals surface area contributed by atoms with E-state index in [1.807, 2.05) is 10.6 Å². The molecule has 0 bridgehead atoms. The SMILES string of the molecule is CC(C)(O)c1ccc2nc(NC(=O)CC(CF)CC(F)(F)CF)n(C3CCC3)c2c1. The van der Waals surface area contributed by atoms with E-state index in [2.05, 4.69) is 10.3 Å². The number of carbonyl (C=O) groups is 1. The molecular weight excluding hydrogens is 402 g/mol. The van der Waals surface area contributed by atoms with E-state index < -0.39 is 49.5 Å². The number of rotatable bonds is 9. The fourth-order valence-electron chi connectivity index (χ4n) is 3.67. The lowest BCUT2D eigenvalue weighted by Gasteiger charge is -2.29. The maximum absolute atomic E-state index is 13.3. The minimum atomic E-state index is -3.65. The molecule has 0 aliphatic heterocycles. The molecule has 5 nitrogen and oxygen atoms in total. The van der Waals surface area contributed by atoms with Crippen LogP contribution in [0.5, 0.6) is 0 Å². The van der Waals surface area contributed by atoms with Crippen molar-refractivity contribution in [1.29, 1.82) is 0 Å². The normalized spacial score (nSPS) is 16.5. The highest BCUT2D eigenvalue weighted by atomic mass is 19.3. The van der Waals surface area contributed by atoms with Crippen molar-refractivity contribution < 1.29 is 27.5 Å². The topological polar surface area (TPSA) is 67.2 Å². The van der Waals surface area contributed by atoms with Gasteiger partial charge in [-0.05, 0) is 50.8 Å². The number of imidazole rings is 1. The van der Waals surface area contributed by atoms with Gasteiger partial charge < -0.3 is 9.67 Å². The van der Waals surface area contributed by atoms with Crippen LogP contribution in [0.1, 0.15) is 57.6 Å². The lowest BCUT2D eigenvalue weighted by molar-refractivity contribution is -0.118. The Bertz CT molecular complexity index is 904. The summed E-state index contributed by atoms with van der Waals surface area (Å²) in [5.74, 6) is -5.31. The molecule has 1 aromatic heterocycles. The molecule has 1 aliphatic carbocycles. The zero-order chi connectivity index (χ0) is 22.1. The summed E-state index contributed by atoms with van der Waals surface area (Å²) in [6, 6.07) is 5.45. The van der Waals surface area contributed by atoms with E-state index in [0.717, 1.165) is 24.8 Å². The van der Waals surface area contributed by atoms with Crippen molar-refractivity contribution in [2.24, 2.45) is 5.92 Å². The molecule has 0 spiro atoms. The second-order valence-electron chi connectivity index (χ2n) is 8.62. The van der Waals surface area contributed by atoms with Crippen LogP contribution in [0, 0.1) is 5.92 Å². The number of alkyl halides is 4. The predicted octanol–water partition coefficient (Wildman–Crippen LogP) is 4.90. The van der Waals surface area contributed by atoms with E-state index in [-0.39, 0.29) is 12.0 Å². The first-order valence-electron chi connectivity index (χ1n) is 10.1. The van der Waals surface area contributed by atoms with Crippen LogP contribution in [-0.4, -0.2) is 39.8 Å². The van der Waals surface area contributed by atoms with E-state index in [1.54, 1.807) is 26.0 Å². The smallest absolute Gasteiger partial charge is 0.276 e. The van der Waals surface area contributed by atoms with Gasteiger partial charge in [0, 0.05) is 24.8 Å². The zero-order valence-corrected chi connectivity index (χ0v) is 17.1. The van der Waals surface area contributed by atoms with Gasteiger partial charge >= 0.3 is 0 Å². The van der Waals surface area contributed by atoms with Crippen LogP contribution in [0.3, 0.4) is 0 Å². The molecule has 2 N–H and O–H groups in total. The molecule has 1 aliphatic rings. The molecule has 0 radical (unpaired) electrons. The molecule has 1 heterocycles. The Morgan fingerprint density at radius 3 is 2.57 bits per heavy atom. The number of benzene rings is 1. The van der Waals surface area contributed by atoms with Crippen molar-refractivity contribution in [3.8, 4) is 0 Å². The Morgan fingerprint density at radius 1 is 1.33 bits per heavy atom. The van der Waals surface area contributed by atoms with Gasteiger partial charge in [0.25, 0.3) is 5.92 Å². The third-order valence-corrected chi connectivity index (χ3v) is 5.56. The highest BCUT2D eigenvalue weighted by Crippen LogP contribution is 2.38. The lowest BCUT2D eigenvalue weighted by Crippen LogP contribution is -2.28. The summed E-state index contributed by atoms with van der Waals surface area (Å²) in [6.07, 6.45) is 1.31. The largest absolute Gasteiger partial charge is 0.386 e. The van der Waals surface area contributed by atoms with Gasteiger partial charge in [-0.15, -0.1) is 0 Å². The maximum Gasteiger partial charge on any atom is 0.276 e. The molecule has 9 heteroatoms. The van der Waals surface area contributed by atoms with E-state index in [4.69, 9.17) is 0 Å². The van der Waals surface area contributed by atoms with Gasteiger partial charge in [-0.3, -0.25) is 14.5 Å². The average molecular weight is 429 g/mol. The highest BCUT2D eigenvalue weighted by molar-refractivity contribution is 5.92. The molecule has 166 valence electrons. The molecule has 2 aromatic rings. The molecule has 3 rings (SSSR count). The standard InChI is InChI=1S/C21H27F4N3O2/c1-20(2,30)14-6-7-16-17(9-14)28(15-4-3-5-15)19(26-16)27-18(29)8-13(11-22)10-21(24,25)12-23/h6-7,9,13,15,30H,3-5,8,10-12H2,1-2H3,(H,26,27,29). The number of hydrogen-bond donors (Lipinski definition) is 2. The molecule has 1 fully saturated rings. The molecule has 1 saturated carbocycles. The number of nitrogens with zero attached hydrogens (tertiary/aromatic N) is 2. The summed E-state index contributed by atoms with van der Waals surface area (Å²) < 4.78 is 53.9. The Balaban J connectivity index is 1.85. The second kappa shape index (κ2) is 8.53. The number of fused-ring (bicyclic) bond motifs is 1. The number of nitrogens with one attached hydrogen (secondary N) is 1. The van der Waals surface area contributed by atoms with Gasteiger partial charge in [-0.1, -0.05) is 6.07 Å². The first-order valence-corrected chi connectivity index (χ1v) is 10.1. The lowest BCUT2D eigenvalue weighted by atomic mass is 9.92. The fourth-order valence-corrected chi connectivity index (χ4v) is 3.67. The second-order valence-corrected chi connectivity index (χ2v) is 8.62. The Labute approximate surface area is 172 Å². The minimum Gasteiger partial charge on any atom is -0.386 e. The number of carbonyl (C=O) groups excluding carboxylic acids is 1. The van der Waals surface area contributed by atoms with Crippen molar-refractivity contribution in [2.45, 2.75) is 63.5 Å². The Morgan fingerprint density at radius 2 is 2.03 bits per heavy atom. The van der Waals surface area contributed by atoms with Crippen LogP contribution in [0.15, 0.2) is 18.2 Å². The van der Waals surface area contributed by atoms with Crippen LogP contribution in [0.4, 0.5) is 23.5 Å². The highest BCUT2D eigenvalue weighted by Gasteiger charge is 2.34. The summed E-state index contributed by atoms with van der Waals surface area (Å²) >= 11 is 0. The molecule has 0 saturated heterocycles. The number of aliphatic hydroxyl groups is 1. The van der Waals surface area contributed by atoms with Crippen LogP contribution in [-0.2, 0) is 10.4 Å². The van der Waals surface area contributed by atoms with Crippen LogP contribution in [0.25, 0.3) is 11.0 Å². The van der Waals surface area contributed by atoms with E-state index in [0.29, 0.717) is 11.1 Å². The van der Waals surface area contributed by atoms with Gasteiger partial charge in [-0.2, -0.15) is 0 Å². The molecule has 30 heavy (non-hydrogen) atoms. The summed E-state index contributed by atoms with van der Waals surface area (Å²) in [6.45, 7) is 0.319. The third kappa shape index (κ3) is 4.94. The number of aromatic nitrogens is 2. The quantitative estimate of drug-likeness (QED) is 0.558. The van der Waals surface area contributed by atoms with Gasteiger partial charge in [0.05, 0.1) is 23.3 Å². The van der Waals surface area contributed by atoms with Gasteiger partial charge in [-0.25, -0.2) is 18.2 Å². The maximum atomic E-state index is 13.3. The number of amides is 1. The van der Waals surface area contributed by atoms with E-state index in [9.17, 15) is 27.5 Å². The summed E-state index contributed by atoms with van der Waals surface area (Å²) in [5.41, 5.74) is 1.01. The Hall–Kier alpha value is -2.16. The number of hydrogen-bond acceptors (Lipinski definition) is 3. The monoisotopic (exact) mass is 429 g/mol. The molecule has 1 amide bonds. The van der Waals surface area contributed by atoms with Gasteiger partial charge in [0.2, 0.25) is 11.9 Å². The molecule has 1 atom stereocenters. The summed E-state index contributed by atoms with van der Waals surface area (Å²) in [7, 11) is 0. The van der Waals surface area contributed by atoms with Crippen molar-refractivity contribution in [1.82, 2.24) is 9.55 Å². The number of anilines is 1. The van der Waals surface area contributed by atoms with Crippen LogP contribution >= 0.6 is 0 Å². The van der Waals surface area contributed by atoms with Crippen molar-refractivity contribution in [3.05, 3.63) is 23.8 Å². The van der Waals surface area contributed by atoms with E-state index >= 15 is 0 Å². The fraction of sp³-hybridized carbons (Fsp3) is 0.619. The molecule has 1 unspecified atom stereocenters. The first kappa shape index (κ1) is 22.5. The summed E-state index contributed by atoms with van der Waals surface area (Å²) in [5, 5.41) is 12.9. The third-order valence-electron chi connectivity index (χ3n) is 5.56. The average Bonchev–Trinajstić information content (AvgIpc) is 2.96. The van der Waals surface area contributed by atoms with Crippen molar-refractivity contribution in [3.63, 3.8) is 0 Å². The first-order chi connectivity index (χ1) is 14.0. The predicted molar refractivity (Wildman–Crippen MR) is 106 cm³/mol.